The van der Waals surface area contributed by atoms with Crippen LogP contribution in [0.1, 0.15) is 22.3 Å². The van der Waals surface area contributed by atoms with Gasteiger partial charge >= 0.3 is 0 Å². The van der Waals surface area contributed by atoms with Crippen LogP contribution >= 0.6 is 11.8 Å². The van der Waals surface area contributed by atoms with E-state index < -0.39 is 5.41 Å². The van der Waals surface area contributed by atoms with Crippen LogP contribution in [0.15, 0.2) is 190 Å². The fourth-order valence-electron chi connectivity index (χ4n) is 8.62. The van der Waals surface area contributed by atoms with Gasteiger partial charge in [0.05, 0.1) is 16.8 Å². The van der Waals surface area contributed by atoms with Crippen molar-refractivity contribution in [1.29, 1.82) is 0 Å². The molecule has 0 unspecified atom stereocenters. The van der Waals surface area contributed by atoms with Crippen molar-refractivity contribution in [1.82, 2.24) is 4.98 Å². The second kappa shape index (κ2) is 10.9. The molecule has 0 N–H and O–H groups in total. The van der Waals surface area contributed by atoms with E-state index in [0.717, 1.165) is 55.6 Å². The first kappa shape index (κ1) is 28.7. The highest BCUT2D eigenvalue weighted by molar-refractivity contribution is 7.99. The maximum Gasteiger partial charge on any atom is 0.144 e. The molecule has 7 aromatic carbocycles. The number of pyridine rings is 1. The Morgan fingerprint density at radius 2 is 1.06 bits per heavy atom. The van der Waals surface area contributed by atoms with E-state index >= 15 is 0 Å². The topological polar surface area (TPSA) is 26.0 Å². The van der Waals surface area contributed by atoms with E-state index in [4.69, 9.17) is 9.40 Å². The van der Waals surface area contributed by atoms with E-state index in [1.54, 1.807) is 0 Å². The molecule has 1 aliphatic carbocycles. The lowest BCUT2D eigenvalue weighted by Gasteiger charge is -2.39. The number of hydrogen-bond acceptors (Lipinski definition) is 3. The van der Waals surface area contributed by atoms with Crippen molar-refractivity contribution >= 4 is 33.7 Å². The van der Waals surface area contributed by atoms with Gasteiger partial charge in [-0.3, -0.25) is 0 Å². The number of nitrogens with zero attached hydrogens (tertiary/aromatic N) is 1. The van der Waals surface area contributed by atoms with Gasteiger partial charge in [-0.1, -0.05) is 157 Å². The van der Waals surface area contributed by atoms with Crippen molar-refractivity contribution in [3.05, 3.63) is 198 Å². The molecule has 1 spiro atoms. The van der Waals surface area contributed by atoms with Crippen molar-refractivity contribution in [3.8, 4) is 44.8 Å². The molecule has 2 nitrogen and oxygen atoms in total. The first-order valence-electron chi connectivity index (χ1n) is 17.4. The van der Waals surface area contributed by atoms with Crippen LogP contribution in [-0.4, -0.2) is 4.98 Å². The summed E-state index contributed by atoms with van der Waals surface area (Å²) in [5.74, 6) is 0. The lowest BCUT2D eigenvalue weighted by molar-refractivity contribution is 0.667. The lowest BCUT2D eigenvalue weighted by Crippen LogP contribution is -2.31. The fourth-order valence-corrected chi connectivity index (χ4v) is 9.96. The van der Waals surface area contributed by atoms with Crippen LogP contribution in [0, 0.1) is 0 Å². The number of aromatic nitrogens is 1. The van der Waals surface area contributed by atoms with Crippen LogP contribution in [-0.2, 0) is 5.41 Å². The van der Waals surface area contributed by atoms with Gasteiger partial charge in [0.15, 0.2) is 0 Å². The van der Waals surface area contributed by atoms with Gasteiger partial charge < -0.3 is 4.42 Å². The average Bonchev–Trinajstić information content (AvgIpc) is 3.73. The number of furan rings is 1. The molecule has 238 valence electrons. The maximum atomic E-state index is 6.92. The molecule has 0 saturated heterocycles. The van der Waals surface area contributed by atoms with Crippen LogP contribution in [0.4, 0.5) is 0 Å². The number of hydrogen-bond donors (Lipinski definition) is 0. The van der Waals surface area contributed by atoms with Crippen LogP contribution in [0.5, 0.6) is 0 Å². The van der Waals surface area contributed by atoms with Gasteiger partial charge in [-0.2, -0.15) is 0 Å². The molecular weight excluding hydrogens is 639 g/mol. The highest BCUT2D eigenvalue weighted by Gasteiger charge is 2.50. The number of rotatable bonds is 3. The second-order valence-electron chi connectivity index (χ2n) is 13.4. The first-order chi connectivity index (χ1) is 25.3. The molecule has 3 heterocycles. The molecule has 9 aromatic rings. The lowest BCUT2D eigenvalue weighted by atomic mass is 9.67. The van der Waals surface area contributed by atoms with Crippen LogP contribution in [0.2, 0.25) is 0 Å². The van der Waals surface area contributed by atoms with Crippen molar-refractivity contribution in [2.24, 2.45) is 0 Å². The highest BCUT2D eigenvalue weighted by atomic mass is 32.2. The molecule has 0 saturated carbocycles. The predicted molar refractivity (Wildman–Crippen MR) is 209 cm³/mol. The Labute approximate surface area is 300 Å². The highest BCUT2D eigenvalue weighted by Crippen LogP contribution is 2.63. The van der Waals surface area contributed by atoms with Gasteiger partial charge in [-0.15, -0.1) is 0 Å². The Hall–Kier alpha value is -6.16. The van der Waals surface area contributed by atoms with Crippen molar-refractivity contribution in [2.75, 3.05) is 0 Å². The molecule has 2 aromatic heterocycles. The summed E-state index contributed by atoms with van der Waals surface area (Å²) in [4.78, 5) is 7.81. The molecule has 3 heteroatoms. The summed E-state index contributed by atoms with van der Waals surface area (Å²) >= 11 is 1.87. The van der Waals surface area contributed by atoms with Crippen LogP contribution in [0.3, 0.4) is 0 Å². The standard InChI is InChI=1S/C48H29NOS/c1-3-14-30(15-4-1)32-28-41(31-16-5-2-6-17-31)49-42(29-32)35-20-13-21-36-45-43(50-46(35)36)27-26-40-47(45)51-44-25-12-11-24-39(44)48(40)37-22-9-7-18-33(37)34-19-8-10-23-38(34)48/h1-29H. The summed E-state index contributed by atoms with van der Waals surface area (Å²) in [5, 5.41) is 2.27. The first-order valence-corrected chi connectivity index (χ1v) is 18.2. The number of para-hydroxylation sites is 1. The molecule has 0 bridgehead atoms. The smallest absolute Gasteiger partial charge is 0.144 e. The summed E-state index contributed by atoms with van der Waals surface area (Å²) in [7, 11) is 0. The molecule has 0 atom stereocenters. The Bertz CT molecular complexity index is 2730. The molecule has 0 amide bonds. The van der Waals surface area contributed by atoms with Gasteiger partial charge in [-0.25, -0.2) is 4.98 Å². The quantitative estimate of drug-likeness (QED) is 0.188. The van der Waals surface area contributed by atoms with Crippen molar-refractivity contribution in [2.45, 2.75) is 15.2 Å². The van der Waals surface area contributed by atoms with E-state index in [2.05, 4.69) is 170 Å². The summed E-state index contributed by atoms with van der Waals surface area (Å²) in [5.41, 5.74) is 15.4. The van der Waals surface area contributed by atoms with Crippen molar-refractivity contribution in [3.63, 3.8) is 0 Å². The average molecular weight is 668 g/mol. The van der Waals surface area contributed by atoms with Gasteiger partial charge in [0.2, 0.25) is 0 Å². The zero-order valence-corrected chi connectivity index (χ0v) is 28.3. The zero-order valence-electron chi connectivity index (χ0n) is 27.5. The monoisotopic (exact) mass is 667 g/mol. The van der Waals surface area contributed by atoms with Gasteiger partial charge in [0.25, 0.3) is 0 Å². The molecule has 1 aliphatic heterocycles. The van der Waals surface area contributed by atoms with Crippen LogP contribution in [0.25, 0.3) is 66.7 Å². The minimum Gasteiger partial charge on any atom is -0.455 e. The second-order valence-corrected chi connectivity index (χ2v) is 14.4. The summed E-state index contributed by atoms with van der Waals surface area (Å²) in [6.45, 7) is 0. The fraction of sp³-hybridized carbons (Fsp3) is 0.0208. The normalized spacial score (nSPS) is 13.6. The Kier molecular flexibility index (Phi) is 6.14. The molecule has 0 radical (unpaired) electrons. The van der Waals surface area contributed by atoms with Gasteiger partial charge in [0.1, 0.15) is 11.2 Å². The zero-order chi connectivity index (χ0) is 33.5. The predicted octanol–water partition coefficient (Wildman–Crippen LogP) is 12.8. The molecule has 0 fully saturated rings. The third-order valence-electron chi connectivity index (χ3n) is 10.8. The largest absolute Gasteiger partial charge is 0.455 e. The SMILES string of the molecule is c1ccc(-c2cc(-c3ccccc3)nc(-c3cccc4c3oc3ccc5c(c34)Sc3ccccc3C53c4ccccc4-c4ccccc43)c2)cc1. The Morgan fingerprint density at radius 1 is 0.451 bits per heavy atom. The Morgan fingerprint density at radius 3 is 1.80 bits per heavy atom. The summed E-state index contributed by atoms with van der Waals surface area (Å²) in [6, 6.07) is 63.3. The number of fused-ring (bicyclic) bond motifs is 13. The summed E-state index contributed by atoms with van der Waals surface area (Å²) < 4.78 is 6.92. The van der Waals surface area contributed by atoms with Gasteiger partial charge in [-0.05, 0) is 74.8 Å². The van der Waals surface area contributed by atoms with Crippen molar-refractivity contribution < 1.29 is 4.42 Å². The minimum absolute atomic E-state index is 0.435. The van der Waals surface area contributed by atoms with E-state index in [0.29, 0.717) is 0 Å². The maximum absolute atomic E-state index is 6.92. The van der Waals surface area contributed by atoms with E-state index in [1.165, 1.54) is 43.2 Å². The molecule has 11 rings (SSSR count). The number of benzene rings is 7. The molecular formula is C48H29NOS. The molecule has 51 heavy (non-hydrogen) atoms. The minimum atomic E-state index is -0.435. The van der Waals surface area contributed by atoms with E-state index in [1.807, 2.05) is 17.8 Å². The van der Waals surface area contributed by atoms with E-state index in [9.17, 15) is 0 Å². The van der Waals surface area contributed by atoms with Gasteiger partial charge in [0, 0.05) is 31.7 Å². The Balaban J connectivity index is 1.19. The third-order valence-corrected chi connectivity index (χ3v) is 12.0. The molecule has 2 aliphatic rings. The third kappa shape index (κ3) is 4.04. The van der Waals surface area contributed by atoms with E-state index in [-0.39, 0.29) is 0 Å². The summed E-state index contributed by atoms with van der Waals surface area (Å²) in [6.07, 6.45) is 0. The van der Waals surface area contributed by atoms with Crippen LogP contribution < -0.4 is 0 Å².